The molecule has 5 rings (SSSR count). The molecule has 0 aliphatic heterocycles. The van der Waals surface area contributed by atoms with Gasteiger partial charge in [-0.2, -0.15) is 4.98 Å². The van der Waals surface area contributed by atoms with Gasteiger partial charge in [-0.1, -0.05) is 23.9 Å². The molecular formula is C24H17FN6S. The van der Waals surface area contributed by atoms with Gasteiger partial charge in [0.1, 0.15) is 11.6 Å². The number of fused-ring (bicyclic) bond motifs is 1. The highest BCUT2D eigenvalue weighted by molar-refractivity contribution is 7.99. The Bertz CT molecular complexity index is 1410. The average Bonchev–Trinajstić information content (AvgIpc) is 2.81. The Morgan fingerprint density at radius 3 is 2.59 bits per heavy atom. The molecule has 3 N–H and O–H groups in total. The van der Waals surface area contributed by atoms with Crippen LogP contribution < -0.4 is 11.1 Å². The van der Waals surface area contributed by atoms with Crippen molar-refractivity contribution in [3.8, 4) is 11.3 Å². The van der Waals surface area contributed by atoms with Crippen LogP contribution in [0.2, 0.25) is 0 Å². The molecule has 0 fully saturated rings. The van der Waals surface area contributed by atoms with Crippen molar-refractivity contribution in [1.82, 2.24) is 19.9 Å². The molecule has 3 heterocycles. The highest BCUT2D eigenvalue weighted by atomic mass is 32.2. The van der Waals surface area contributed by atoms with E-state index in [-0.39, 0.29) is 11.8 Å². The van der Waals surface area contributed by atoms with Crippen LogP contribution in [0.25, 0.3) is 22.0 Å². The maximum atomic E-state index is 14.9. The smallest absolute Gasteiger partial charge is 0.222 e. The maximum absolute atomic E-state index is 14.9. The van der Waals surface area contributed by atoms with Gasteiger partial charge in [-0.15, -0.1) is 0 Å². The van der Waals surface area contributed by atoms with Gasteiger partial charge in [0.2, 0.25) is 5.95 Å². The van der Waals surface area contributed by atoms with Gasteiger partial charge in [0.15, 0.2) is 0 Å². The second-order valence-electron chi connectivity index (χ2n) is 6.96. The number of benzene rings is 2. The standard InChI is InChI=1S/C24H17FN6S/c25-19-11-17(29-23-12-20(30-24(26)31-23)16-4-2-9-27-14-16)6-7-22(19)32-21-5-1-3-15-13-28-10-8-18(15)21/h1-14H,(H3,26,29,30,31). The van der Waals surface area contributed by atoms with Gasteiger partial charge in [0, 0.05) is 57.3 Å². The molecular weight excluding hydrogens is 423 g/mol. The summed E-state index contributed by atoms with van der Waals surface area (Å²) in [5, 5.41) is 5.16. The van der Waals surface area contributed by atoms with Crippen LogP contribution in [-0.2, 0) is 0 Å². The van der Waals surface area contributed by atoms with E-state index in [1.54, 1.807) is 43.0 Å². The summed E-state index contributed by atoms with van der Waals surface area (Å²) in [5.74, 6) is 0.255. The Hall–Kier alpha value is -4.04. The summed E-state index contributed by atoms with van der Waals surface area (Å²) in [6.07, 6.45) is 6.92. The summed E-state index contributed by atoms with van der Waals surface area (Å²) in [7, 11) is 0. The molecule has 0 aliphatic rings. The number of pyridine rings is 2. The van der Waals surface area contributed by atoms with Gasteiger partial charge >= 0.3 is 0 Å². The van der Waals surface area contributed by atoms with E-state index >= 15 is 0 Å². The van der Waals surface area contributed by atoms with Gasteiger partial charge in [-0.25, -0.2) is 9.37 Å². The van der Waals surface area contributed by atoms with E-state index in [1.807, 2.05) is 36.4 Å². The third kappa shape index (κ3) is 4.21. The first kappa shape index (κ1) is 19.9. The summed E-state index contributed by atoms with van der Waals surface area (Å²) in [6, 6.07) is 18.3. The minimum absolute atomic E-state index is 0.118. The summed E-state index contributed by atoms with van der Waals surface area (Å²) in [4.78, 5) is 18.2. The van der Waals surface area contributed by atoms with Gasteiger partial charge < -0.3 is 11.1 Å². The molecule has 3 aromatic heterocycles. The number of nitrogens with two attached hydrogens (primary N) is 1. The van der Waals surface area contributed by atoms with Crippen molar-refractivity contribution in [3.63, 3.8) is 0 Å². The van der Waals surface area contributed by atoms with E-state index in [0.717, 1.165) is 21.2 Å². The highest BCUT2D eigenvalue weighted by Crippen LogP contribution is 2.35. The Morgan fingerprint density at radius 1 is 0.844 bits per heavy atom. The molecule has 32 heavy (non-hydrogen) atoms. The number of nitrogen functional groups attached to an aromatic ring is 1. The van der Waals surface area contributed by atoms with Crippen molar-refractivity contribution in [2.75, 3.05) is 11.1 Å². The van der Waals surface area contributed by atoms with Crippen molar-refractivity contribution in [2.45, 2.75) is 9.79 Å². The SMILES string of the molecule is Nc1nc(Nc2ccc(Sc3cccc4cnccc34)c(F)c2)cc(-c2cccnc2)n1. The van der Waals surface area contributed by atoms with Gasteiger partial charge in [-0.3, -0.25) is 9.97 Å². The second-order valence-corrected chi connectivity index (χ2v) is 8.05. The zero-order valence-corrected chi connectivity index (χ0v) is 17.6. The van der Waals surface area contributed by atoms with Crippen LogP contribution in [0.5, 0.6) is 0 Å². The predicted molar refractivity (Wildman–Crippen MR) is 125 cm³/mol. The first-order valence-electron chi connectivity index (χ1n) is 9.78. The molecule has 0 saturated carbocycles. The normalized spacial score (nSPS) is 10.9. The van der Waals surface area contributed by atoms with Gasteiger partial charge in [0.25, 0.3) is 0 Å². The summed E-state index contributed by atoms with van der Waals surface area (Å²) >= 11 is 1.38. The van der Waals surface area contributed by atoms with Crippen molar-refractivity contribution in [1.29, 1.82) is 0 Å². The number of halogens is 1. The van der Waals surface area contributed by atoms with E-state index in [9.17, 15) is 4.39 Å². The third-order valence-corrected chi connectivity index (χ3v) is 5.89. The third-order valence-electron chi connectivity index (χ3n) is 4.77. The monoisotopic (exact) mass is 440 g/mol. The minimum Gasteiger partial charge on any atom is -0.368 e. The van der Waals surface area contributed by atoms with E-state index < -0.39 is 0 Å². The Balaban J connectivity index is 1.40. The van der Waals surface area contributed by atoms with Crippen LogP contribution in [0.15, 0.2) is 95.2 Å². The molecule has 0 radical (unpaired) electrons. The molecule has 5 aromatic rings. The zero-order valence-electron chi connectivity index (χ0n) is 16.7. The number of nitrogens with zero attached hydrogens (tertiary/aromatic N) is 4. The first-order chi connectivity index (χ1) is 15.7. The zero-order chi connectivity index (χ0) is 21.9. The molecule has 8 heteroatoms. The fraction of sp³-hybridized carbons (Fsp3) is 0. The molecule has 0 saturated heterocycles. The van der Waals surface area contributed by atoms with Gasteiger partial charge in [-0.05, 0) is 47.9 Å². The van der Waals surface area contributed by atoms with Crippen molar-refractivity contribution >= 4 is 40.0 Å². The number of anilines is 3. The lowest BCUT2D eigenvalue weighted by Crippen LogP contribution is -2.02. The van der Waals surface area contributed by atoms with Crippen LogP contribution in [0.3, 0.4) is 0 Å². The Morgan fingerprint density at radius 2 is 1.75 bits per heavy atom. The van der Waals surface area contributed by atoms with E-state index in [4.69, 9.17) is 5.73 Å². The van der Waals surface area contributed by atoms with E-state index in [0.29, 0.717) is 22.1 Å². The lowest BCUT2D eigenvalue weighted by atomic mass is 10.2. The summed E-state index contributed by atoms with van der Waals surface area (Å²) in [6.45, 7) is 0. The largest absolute Gasteiger partial charge is 0.368 e. The summed E-state index contributed by atoms with van der Waals surface area (Å²) < 4.78 is 14.9. The Labute approximate surface area is 187 Å². The Kier molecular flexibility index (Phi) is 5.35. The fourth-order valence-electron chi connectivity index (χ4n) is 3.30. The van der Waals surface area contributed by atoms with Crippen LogP contribution in [0.1, 0.15) is 0 Å². The van der Waals surface area contributed by atoms with Crippen LogP contribution >= 0.6 is 11.8 Å². The number of nitrogens with one attached hydrogen (secondary N) is 1. The topological polar surface area (TPSA) is 89.6 Å². The second kappa shape index (κ2) is 8.60. The number of hydrogen-bond acceptors (Lipinski definition) is 7. The predicted octanol–water partition coefficient (Wildman–Crippen LogP) is 5.70. The van der Waals surface area contributed by atoms with Crippen LogP contribution in [-0.4, -0.2) is 19.9 Å². The molecule has 6 nitrogen and oxygen atoms in total. The van der Waals surface area contributed by atoms with Crippen LogP contribution in [0, 0.1) is 5.82 Å². The fourth-order valence-corrected chi connectivity index (χ4v) is 4.27. The van der Waals surface area contributed by atoms with Gasteiger partial charge in [0.05, 0.1) is 5.69 Å². The number of rotatable bonds is 5. The van der Waals surface area contributed by atoms with Crippen molar-refractivity contribution in [3.05, 3.63) is 91.3 Å². The van der Waals surface area contributed by atoms with Crippen molar-refractivity contribution in [2.24, 2.45) is 0 Å². The molecule has 0 aliphatic carbocycles. The number of aromatic nitrogens is 4. The molecule has 0 atom stereocenters. The highest BCUT2D eigenvalue weighted by Gasteiger charge is 2.10. The average molecular weight is 441 g/mol. The van der Waals surface area contributed by atoms with E-state index in [2.05, 4.69) is 25.3 Å². The first-order valence-corrected chi connectivity index (χ1v) is 10.6. The lowest BCUT2D eigenvalue weighted by molar-refractivity contribution is 0.602. The molecule has 0 spiro atoms. The minimum atomic E-state index is -0.333. The lowest BCUT2D eigenvalue weighted by Gasteiger charge is -2.11. The summed E-state index contributed by atoms with van der Waals surface area (Å²) in [5.41, 5.74) is 7.87. The van der Waals surface area contributed by atoms with Crippen molar-refractivity contribution < 1.29 is 4.39 Å². The number of hydrogen-bond donors (Lipinski definition) is 2. The molecule has 0 bridgehead atoms. The molecule has 0 amide bonds. The molecule has 2 aromatic carbocycles. The van der Waals surface area contributed by atoms with E-state index in [1.165, 1.54) is 17.8 Å². The quantitative estimate of drug-likeness (QED) is 0.362. The molecule has 156 valence electrons. The maximum Gasteiger partial charge on any atom is 0.222 e. The van der Waals surface area contributed by atoms with Crippen LogP contribution in [0.4, 0.5) is 21.8 Å². The molecule has 0 unspecified atom stereocenters.